The van der Waals surface area contributed by atoms with Crippen LogP contribution in [-0.4, -0.2) is 5.11 Å². The molecule has 0 radical (unpaired) electrons. The van der Waals surface area contributed by atoms with Crippen LogP contribution in [0.25, 0.3) is 0 Å². The van der Waals surface area contributed by atoms with E-state index in [2.05, 4.69) is 12.2 Å². The molecule has 0 spiro atoms. The molecular weight excluding hydrogens is 253 g/mol. The number of hydrogen-bond donors (Lipinski definition) is 2. The lowest BCUT2D eigenvalue weighted by molar-refractivity contribution is 0.463. The summed E-state index contributed by atoms with van der Waals surface area (Å²) < 4.78 is 12.9. The van der Waals surface area contributed by atoms with E-state index >= 15 is 0 Å². The molecule has 0 saturated carbocycles. The fourth-order valence-electron chi connectivity index (χ4n) is 2.93. The normalized spacial score (nSPS) is 18.8. The number of aryl methyl sites for hydroxylation is 1. The van der Waals surface area contributed by atoms with E-state index in [0.29, 0.717) is 11.8 Å². The lowest BCUT2D eigenvalue weighted by atomic mass is 10.0. The van der Waals surface area contributed by atoms with Gasteiger partial charge in [-0.1, -0.05) is 18.2 Å². The Kier molecular flexibility index (Phi) is 3.45. The maximum Gasteiger partial charge on any atom is 0.123 e. The SMILES string of the molecule is C[C@@H](NC1CCc2cc(O)ccc21)c1ccc(F)cc1. The smallest absolute Gasteiger partial charge is 0.123 e. The molecule has 0 fully saturated rings. The Hall–Kier alpha value is -1.87. The van der Waals surface area contributed by atoms with Crippen LogP contribution in [0.15, 0.2) is 42.5 Å². The van der Waals surface area contributed by atoms with Crippen LogP contribution in [0.2, 0.25) is 0 Å². The Morgan fingerprint density at radius 3 is 2.70 bits per heavy atom. The third kappa shape index (κ3) is 2.54. The number of halogens is 1. The van der Waals surface area contributed by atoms with Crippen LogP contribution in [0.3, 0.4) is 0 Å². The highest BCUT2D eigenvalue weighted by molar-refractivity contribution is 5.40. The van der Waals surface area contributed by atoms with Crippen molar-refractivity contribution in [3.63, 3.8) is 0 Å². The van der Waals surface area contributed by atoms with Gasteiger partial charge in [0.25, 0.3) is 0 Å². The average molecular weight is 271 g/mol. The van der Waals surface area contributed by atoms with Gasteiger partial charge in [0.1, 0.15) is 11.6 Å². The molecule has 2 aromatic carbocycles. The topological polar surface area (TPSA) is 32.3 Å². The molecule has 1 aliphatic rings. The lowest BCUT2D eigenvalue weighted by Crippen LogP contribution is -2.22. The minimum atomic E-state index is -0.206. The van der Waals surface area contributed by atoms with Crippen molar-refractivity contribution >= 4 is 0 Å². The quantitative estimate of drug-likeness (QED) is 0.888. The molecule has 20 heavy (non-hydrogen) atoms. The second-order valence-corrected chi connectivity index (χ2v) is 5.41. The molecule has 2 nitrogen and oxygen atoms in total. The Bertz CT molecular complexity index is 609. The molecular formula is C17H18FNO. The van der Waals surface area contributed by atoms with Crippen LogP contribution in [0.4, 0.5) is 4.39 Å². The van der Waals surface area contributed by atoms with Crippen LogP contribution in [-0.2, 0) is 6.42 Å². The molecule has 0 amide bonds. The third-order valence-corrected chi connectivity index (χ3v) is 4.03. The van der Waals surface area contributed by atoms with Gasteiger partial charge in [-0.25, -0.2) is 4.39 Å². The zero-order chi connectivity index (χ0) is 14.1. The standard InChI is InChI=1S/C17H18FNO/c1-11(12-2-5-14(18)6-3-12)19-17-9-4-13-10-15(20)7-8-16(13)17/h2-3,5-8,10-11,17,19-20H,4,9H2,1H3/t11-,17?/m1/s1. The second-order valence-electron chi connectivity index (χ2n) is 5.41. The van der Waals surface area contributed by atoms with Crippen LogP contribution in [0.5, 0.6) is 5.75 Å². The van der Waals surface area contributed by atoms with Crippen LogP contribution in [0, 0.1) is 5.82 Å². The molecule has 2 atom stereocenters. The number of aromatic hydroxyl groups is 1. The van der Waals surface area contributed by atoms with E-state index in [1.807, 2.05) is 24.3 Å². The summed E-state index contributed by atoms with van der Waals surface area (Å²) in [7, 11) is 0. The highest BCUT2D eigenvalue weighted by Gasteiger charge is 2.24. The maximum atomic E-state index is 12.9. The number of nitrogens with one attached hydrogen (secondary N) is 1. The van der Waals surface area contributed by atoms with Gasteiger partial charge in [0.15, 0.2) is 0 Å². The molecule has 1 aliphatic carbocycles. The average Bonchev–Trinajstić information content (AvgIpc) is 2.81. The van der Waals surface area contributed by atoms with Crippen molar-refractivity contribution in [1.29, 1.82) is 0 Å². The first-order chi connectivity index (χ1) is 9.63. The Morgan fingerprint density at radius 2 is 1.95 bits per heavy atom. The van der Waals surface area contributed by atoms with Crippen molar-refractivity contribution in [2.45, 2.75) is 31.8 Å². The van der Waals surface area contributed by atoms with E-state index < -0.39 is 0 Å². The van der Waals surface area contributed by atoms with Crippen molar-refractivity contribution in [2.75, 3.05) is 0 Å². The molecule has 2 N–H and O–H groups in total. The van der Waals surface area contributed by atoms with E-state index in [9.17, 15) is 9.50 Å². The van der Waals surface area contributed by atoms with Crippen molar-refractivity contribution in [3.8, 4) is 5.75 Å². The molecule has 0 aliphatic heterocycles. The second kappa shape index (κ2) is 5.25. The van der Waals surface area contributed by atoms with E-state index in [4.69, 9.17) is 0 Å². The predicted octanol–water partition coefficient (Wildman–Crippen LogP) is 3.87. The summed E-state index contributed by atoms with van der Waals surface area (Å²) in [5.74, 6) is 0.124. The summed E-state index contributed by atoms with van der Waals surface area (Å²) in [6.07, 6.45) is 2.02. The molecule has 0 bridgehead atoms. The van der Waals surface area contributed by atoms with E-state index in [1.165, 1.54) is 23.3 Å². The molecule has 2 aromatic rings. The van der Waals surface area contributed by atoms with Gasteiger partial charge in [0.05, 0.1) is 0 Å². The van der Waals surface area contributed by atoms with Gasteiger partial charge < -0.3 is 10.4 Å². The highest BCUT2D eigenvalue weighted by atomic mass is 19.1. The maximum absolute atomic E-state index is 12.9. The number of fused-ring (bicyclic) bond motifs is 1. The Balaban J connectivity index is 1.75. The van der Waals surface area contributed by atoms with Gasteiger partial charge in [-0.3, -0.25) is 0 Å². The van der Waals surface area contributed by atoms with E-state index in [0.717, 1.165) is 18.4 Å². The molecule has 3 rings (SSSR count). The zero-order valence-electron chi connectivity index (χ0n) is 11.4. The first-order valence-corrected chi connectivity index (χ1v) is 6.97. The summed E-state index contributed by atoms with van der Waals surface area (Å²) in [4.78, 5) is 0. The summed E-state index contributed by atoms with van der Waals surface area (Å²) in [5, 5.41) is 13.1. The summed E-state index contributed by atoms with van der Waals surface area (Å²) in [5.41, 5.74) is 3.56. The molecule has 104 valence electrons. The number of phenolic OH excluding ortho intramolecular Hbond substituents is 1. The molecule has 3 heteroatoms. The highest BCUT2D eigenvalue weighted by Crippen LogP contribution is 2.34. The summed E-state index contributed by atoms with van der Waals surface area (Å²) >= 11 is 0. The van der Waals surface area contributed by atoms with Crippen molar-refractivity contribution < 1.29 is 9.50 Å². The van der Waals surface area contributed by atoms with Gasteiger partial charge >= 0.3 is 0 Å². The van der Waals surface area contributed by atoms with E-state index in [-0.39, 0.29) is 11.9 Å². The predicted molar refractivity (Wildman–Crippen MR) is 77.1 cm³/mol. The zero-order valence-corrected chi connectivity index (χ0v) is 11.4. The first-order valence-electron chi connectivity index (χ1n) is 6.97. The van der Waals surface area contributed by atoms with Gasteiger partial charge in [-0.15, -0.1) is 0 Å². The monoisotopic (exact) mass is 271 g/mol. The van der Waals surface area contributed by atoms with Crippen LogP contribution < -0.4 is 5.32 Å². The first kappa shape index (κ1) is 13.1. The number of phenols is 1. The fourth-order valence-corrected chi connectivity index (χ4v) is 2.93. The largest absolute Gasteiger partial charge is 0.508 e. The summed E-state index contributed by atoms with van der Waals surface area (Å²) in [6, 6.07) is 12.7. The lowest BCUT2D eigenvalue weighted by Gasteiger charge is -2.21. The third-order valence-electron chi connectivity index (χ3n) is 4.03. The Morgan fingerprint density at radius 1 is 1.20 bits per heavy atom. The van der Waals surface area contributed by atoms with Crippen LogP contribution >= 0.6 is 0 Å². The fraction of sp³-hybridized carbons (Fsp3) is 0.294. The minimum absolute atomic E-state index is 0.167. The van der Waals surface area contributed by atoms with E-state index in [1.54, 1.807) is 6.07 Å². The minimum Gasteiger partial charge on any atom is -0.508 e. The molecule has 0 aromatic heterocycles. The van der Waals surface area contributed by atoms with Gasteiger partial charge in [0.2, 0.25) is 0 Å². The van der Waals surface area contributed by atoms with Crippen molar-refractivity contribution in [2.24, 2.45) is 0 Å². The molecule has 0 heterocycles. The number of hydrogen-bond acceptors (Lipinski definition) is 2. The van der Waals surface area contributed by atoms with Crippen molar-refractivity contribution in [1.82, 2.24) is 5.32 Å². The number of benzene rings is 2. The van der Waals surface area contributed by atoms with Crippen molar-refractivity contribution in [3.05, 3.63) is 65.0 Å². The van der Waals surface area contributed by atoms with Gasteiger partial charge in [-0.2, -0.15) is 0 Å². The molecule has 0 saturated heterocycles. The molecule has 1 unspecified atom stereocenters. The van der Waals surface area contributed by atoms with Gasteiger partial charge in [0, 0.05) is 12.1 Å². The van der Waals surface area contributed by atoms with Crippen LogP contribution in [0.1, 0.15) is 42.1 Å². The van der Waals surface area contributed by atoms with Gasteiger partial charge in [-0.05, 0) is 60.7 Å². The summed E-state index contributed by atoms with van der Waals surface area (Å²) in [6.45, 7) is 2.09. The Labute approximate surface area is 118 Å². The number of rotatable bonds is 3.